The first-order valence-electron chi connectivity index (χ1n) is 9.32. The highest BCUT2D eigenvalue weighted by molar-refractivity contribution is 7.67. The topological polar surface area (TPSA) is 59.0 Å². The van der Waals surface area contributed by atoms with Crippen molar-refractivity contribution >= 4 is 18.4 Å². The SMILES string of the molecule is COc1ccc([C@H](O)[P@@](=O)(OCc2ccccc2)c2ccc(N(C)C)cc2)cc1. The number of benzene rings is 3. The van der Waals surface area contributed by atoms with Gasteiger partial charge in [-0.1, -0.05) is 42.5 Å². The maximum atomic E-state index is 14.0. The van der Waals surface area contributed by atoms with Crippen LogP contribution < -0.4 is 14.9 Å². The van der Waals surface area contributed by atoms with Crippen LogP contribution in [0.4, 0.5) is 5.69 Å². The van der Waals surface area contributed by atoms with Crippen molar-refractivity contribution in [2.24, 2.45) is 0 Å². The van der Waals surface area contributed by atoms with E-state index in [1.165, 1.54) is 0 Å². The number of nitrogens with zero attached hydrogens (tertiary/aromatic N) is 1. The van der Waals surface area contributed by atoms with Gasteiger partial charge in [-0.2, -0.15) is 0 Å². The van der Waals surface area contributed by atoms with E-state index in [2.05, 4.69) is 0 Å². The quantitative estimate of drug-likeness (QED) is 0.550. The van der Waals surface area contributed by atoms with E-state index in [1.54, 1.807) is 43.5 Å². The molecular formula is C23H26NO4P. The number of rotatable bonds is 8. The Morgan fingerprint density at radius 3 is 2.10 bits per heavy atom. The van der Waals surface area contributed by atoms with Gasteiger partial charge < -0.3 is 19.3 Å². The number of ether oxygens (including phenoxy) is 1. The van der Waals surface area contributed by atoms with Crippen LogP contribution in [0.5, 0.6) is 5.75 Å². The first-order valence-corrected chi connectivity index (χ1v) is 11.0. The highest BCUT2D eigenvalue weighted by Crippen LogP contribution is 2.58. The van der Waals surface area contributed by atoms with Gasteiger partial charge in [0.25, 0.3) is 7.37 Å². The van der Waals surface area contributed by atoms with Crippen molar-refractivity contribution in [3.8, 4) is 5.75 Å². The zero-order valence-corrected chi connectivity index (χ0v) is 17.8. The molecule has 0 aliphatic heterocycles. The third-order valence-electron chi connectivity index (χ3n) is 4.73. The van der Waals surface area contributed by atoms with Gasteiger partial charge in [0.15, 0.2) is 5.85 Å². The van der Waals surface area contributed by atoms with Gasteiger partial charge in [-0.3, -0.25) is 4.57 Å². The van der Waals surface area contributed by atoms with Crippen LogP contribution in [0, 0.1) is 0 Å². The van der Waals surface area contributed by atoms with Crippen molar-refractivity contribution in [1.82, 2.24) is 0 Å². The summed E-state index contributed by atoms with van der Waals surface area (Å²) in [4.78, 5) is 1.96. The van der Waals surface area contributed by atoms with Crippen LogP contribution in [0.25, 0.3) is 0 Å². The summed E-state index contributed by atoms with van der Waals surface area (Å²) in [7, 11) is 1.82. The molecular weight excluding hydrogens is 385 g/mol. The summed E-state index contributed by atoms with van der Waals surface area (Å²) in [6, 6.07) is 23.6. The molecule has 0 aliphatic rings. The fourth-order valence-electron chi connectivity index (χ4n) is 2.96. The molecule has 3 rings (SSSR count). The summed E-state index contributed by atoms with van der Waals surface area (Å²) in [5.74, 6) is -0.626. The third kappa shape index (κ3) is 4.88. The van der Waals surface area contributed by atoms with E-state index in [9.17, 15) is 9.67 Å². The largest absolute Gasteiger partial charge is 0.497 e. The molecule has 0 unspecified atom stereocenters. The summed E-state index contributed by atoms with van der Waals surface area (Å²) in [5, 5.41) is 11.5. The molecule has 6 heteroatoms. The van der Waals surface area contributed by atoms with Crippen molar-refractivity contribution in [1.29, 1.82) is 0 Å². The van der Waals surface area contributed by atoms with Crippen LogP contribution in [-0.4, -0.2) is 26.3 Å². The second-order valence-electron chi connectivity index (χ2n) is 6.91. The molecule has 3 aromatic rings. The van der Waals surface area contributed by atoms with Gasteiger partial charge in [0, 0.05) is 25.1 Å². The molecule has 0 amide bonds. The minimum absolute atomic E-state index is 0.140. The summed E-state index contributed by atoms with van der Waals surface area (Å²) in [5.41, 5.74) is 2.38. The second kappa shape index (κ2) is 9.27. The lowest BCUT2D eigenvalue weighted by Gasteiger charge is -2.25. The fourth-order valence-corrected chi connectivity index (χ4v) is 5.00. The lowest BCUT2D eigenvalue weighted by molar-refractivity contribution is 0.210. The van der Waals surface area contributed by atoms with Crippen molar-refractivity contribution in [3.05, 3.63) is 90.0 Å². The molecule has 0 aliphatic carbocycles. The molecule has 3 aromatic carbocycles. The van der Waals surface area contributed by atoms with Crippen LogP contribution in [0.3, 0.4) is 0 Å². The third-order valence-corrected chi connectivity index (χ3v) is 7.20. The monoisotopic (exact) mass is 411 g/mol. The summed E-state index contributed by atoms with van der Waals surface area (Å²) in [6.07, 6.45) is 0. The molecule has 1 N–H and O–H groups in total. The maximum absolute atomic E-state index is 14.0. The lowest BCUT2D eigenvalue weighted by atomic mass is 10.2. The lowest BCUT2D eigenvalue weighted by Crippen LogP contribution is -2.16. The smallest absolute Gasteiger partial charge is 0.264 e. The maximum Gasteiger partial charge on any atom is 0.264 e. The molecule has 152 valence electrons. The van der Waals surface area contributed by atoms with Crippen LogP contribution in [0.1, 0.15) is 17.0 Å². The molecule has 2 atom stereocenters. The molecule has 29 heavy (non-hydrogen) atoms. The van der Waals surface area contributed by atoms with Crippen molar-refractivity contribution in [2.45, 2.75) is 12.5 Å². The molecule has 0 bridgehead atoms. The molecule has 0 radical (unpaired) electrons. The Kier molecular flexibility index (Phi) is 6.75. The number of hydrogen-bond donors (Lipinski definition) is 1. The van der Waals surface area contributed by atoms with Crippen LogP contribution in [0.15, 0.2) is 78.9 Å². The second-order valence-corrected chi connectivity index (χ2v) is 9.37. The number of anilines is 1. The van der Waals surface area contributed by atoms with Crippen LogP contribution >= 0.6 is 7.37 Å². The predicted octanol–water partition coefficient (Wildman–Crippen LogP) is 4.57. The highest BCUT2D eigenvalue weighted by Gasteiger charge is 2.36. The molecule has 0 spiro atoms. The predicted molar refractivity (Wildman–Crippen MR) is 117 cm³/mol. The average Bonchev–Trinajstić information content (AvgIpc) is 2.77. The van der Waals surface area contributed by atoms with Gasteiger partial charge in [0.1, 0.15) is 5.75 Å². The Morgan fingerprint density at radius 1 is 0.931 bits per heavy atom. The number of aliphatic hydroxyl groups excluding tert-OH is 1. The molecule has 0 fully saturated rings. The Hall–Kier alpha value is -2.59. The van der Waals surface area contributed by atoms with Crippen molar-refractivity contribution < 1.29 is 18.9 Å². The normalized spacial score (nSPS) is 14.1. The fraction of sp³-hybridized carbons (Fsp3) is 0.217. The van der Waals surface area contributed by atoms with Gasteiger partial charge in [-0.25, -0.2) is 0 Å². The van der Waals surface area contributed by atoms with E-state index in [0.717, 1.165) is 11.3 Å². The zero-order chi connectivity index (χ0) is 20.9. The minimum atomic E-state index is -3.63. The average molecular weight is 411 g/mol. The molecule has 5 nitrogen and oxygen atoms in total. The summed E-state index contributed by atoms with van der Waals surface area (Å²) < 4.78 is 25.1. The molecule has 0 heterocycles. The van der Waals surface area contributed by atoms with Crippen LogP contribution in [0.2, 0.25) is 0 Å². The highest BCUT2D eigenvalue weighted by atomic mass is 31.2. The van der Waals surface area contributed by atoms with Crippen molar-refractivity contribution in [3.63, 3.8) is 0 Å². The number of hydrogen-bond acceptors (Lipinski definition) is 5. The first-order chi connectivity index (χ1) is 13.9. The van der Waals surface area contributed by atoms with Gasteiger partial charge >= 0.3 is 0 Å². The van der Waals surface area contributed by atoms with Gasteiger partial charge in [0.05, 0.1) is 13.7 Å². The minimum Gasteiger partial charge on any atom is -0.497 e. The van der Waals surface area contributed by atoms with Crippen molar-refractivity contribution in [2.75, 3.05) is 26.1 Å². The summed E-state index contributed by atoms with van der Waals surface area (Å²) >= 11 is 0. The van der Waals surface area contributed by atoms with Gasteiger partial charge in [0.2, 0.25) is 0 Å². The number of methoxy groups -OCH3 is 1. The molecule has 0 aromatic heterocycles. The standard InChI is InChI=1S/C23H26NO4P/c1-24(2)20-11-15-22(16-12-20)29(26,28-17-18-7-5-4-6-8-18)23(25)19-9-13-21(27-3)14-10-19/h4-16,23,25H,17H2,1-3H3/t23-,29+/m1/s1. The van der Waals surface area contributed by atoms with E-state index in [1.807, 2.05) is 61.5 Å². The van der Waals surface area contributed by atoms with Gasteiger partial charge in [-0.15, -0.1) is 0 Å². The zero-order valence-electron chi connectivity index (χ0n) is 16.9. The Morgan fingerprint density at radius 2 is 1.55 bits per heavy atom. The van der Waals surface area contributed by atoms with E-state index in [-0.39, 0.29) is 6.61 Å². The Balaban J connectivity index is 1.95. The Bertz CT molecular complexity index is 956. The van der Waals surface area contributed by atoms with Crippen LogP contribution in [-0.2, 0) is 15.7 Å². The Labute approximate surface area is 172 Å². The van der Waals surface area contributed by atoms with Gasteiger partial charge in [-0.05, 0) is 47.5 Å². The molecule has 0 saturated heterocycles. The first kappa shape index (κ1) is 21.1. The van der Waals surface area contributed by atoms with E-state index >= 15 is 0 Å². The summed E-state index contributed by atoms with van der Waals surface area (Å²) in [6.45, 7) is 0.140. The van der Waals surface area contributed by atoms with E-state index in [0.29, 0.717) is 16.6 Å². The van der Waals surface area contributed by atoms with E-state index in [4.69, 9.17) is 9.26 Å². The van der Waals surface area contributed by atoms with E-state index < -0.39 is 13.2 Å². The molecule has 0 saturated carbocycles. The number of aliphatic hydroxyl groups is 1.